The molecule has 2 heterocycles. The summed E-state index contributed by atoms with van der Waals surface area (Å²) in [6, 6.07) is 0. The molecule has 2 aromatic heterocycles. The van der Waals surface area contributed by atoms with Crippen LogP contribution in [-0.4, -0.2) is 20.3 Å². The molecule has 0 spiro atoms. The maximum Gasteiger partial charge on any atom is 0.263 e. The van der Waals surface area contributed by atoms with Crippen LogP contribution in [0.25, 0.3) is 11.5 Å². The van der Waals surface area contributed by atoms with Gasteiger partial charge < -0.3 is 10.3 Å². The molecule has 0 saturated heterocycles. The Balaban J connectivity index is 2.11. The second-order valence-corrected chi connectivity index (χ2v) is 4.15. The first-order valence-electron chi connectivity index (χ1n) is 5.28. The first-order chi connectivity index (χ1) is 7.66. The summed E-state index contributed by atoms with van der Waals surface area (Å²) < 4.78 is 5.12. The van der Waals surface area contributed by atoms with Crippen LogP contribution in [0.2, 0.25) is 0 Å². The lowest BCUT2D eigenvalue weighted by Gasteiger charge is -1.98. The highest BCUT2D eigenvalue weighted by molar-refractivity contribution is 5.65. The van der Waals surface area contributed by atoms with Crippen LogP contribution in [0.4, 0.5) is 5.82 Å². The Bertz CT molecular complexity index is 459. The molecular weight excluding hydrogens is 206 g/mol. The van der Waals surface area contributed by atoms with E-state index >= 15 is 0 Å². The maximum atomic E-state index is 5.66. The Morgan fingerprint density at radius 2 is 2.31 bits per heavy atom. The van der Waals surface area contributed by atoms with Gasteiger partial charge in [-0.1, -0.05) is 19.0 Å². The van der Waals surface area contributed by atoms with Crippen LogP contribution in [0.1, 0.15) is 26.1 Å². The molecule has 2 aromatic rings. The topological polar surface area (TPSA) is 93.6 Å². The van der Waals surface area contributed by atoms with Crippen molar-refractivity contribution in [1.82, 2.24) is 20.3 Å². The summed E-state index contributed by atoms with van der Waals surface area (Å²) in [6.45, 7) is 4.32. The Hall–Kier alpha value is -1.85. The fraction of sp³-hybridized carbons (Fsp3) is 0.500. The third-order valence-corrected chi connectivity index (χ3v) is 2.31. The predicted octanol–water partition coefficient (Wildman–Crippen LogP) is 1.63. The Morgan fingerprint density at radius 1 is 1.50 bits per heavy atom. The minimum Gasteiger partial charge on any atom is -0.383 e. The van der Waals surface area contributed by atoms with Gasteiger partial charge in [0.1, 0.15) is 11.4 Å². The van der Waals surface area contributed by atoms with Crippen molar-refractivity contribution in [2.75, 3.05) is 5.73 Å². The number of anilines is 1. The number of nitrogens with zero attached hydrogens (tertiary/aromatic N) is 3. The number of rotatable bonds is 4. The molecule has 16 heavy (non-hydrogen) atoms. The van der Waals surface area contributed by atoms with Crippen molar-refractivity contribution in [2.24, 2.45) is 5.92 Å². The second kappa shape index (κ2) is 4.34. The van der Waals surface area contributed by atoms with Crippen LogP contribution in [0.3, 0.4) is 0 Å². The van der Waals surface area contributed by atoms with Crippen molar-refractivity contribution in [3.05, 3.63) is 12.0 Å². The highest BCUT2D eigenvalue weighted by Crippen LogP contribution is 2.21. The molecule has 3 N–H and O–H groups in total. The monoisotopic (exact) mass is 221 g/mol. The number of nitrogens with two attached hydrogens (primary N) is 1. The number of H-pyrrole nitrogens is 1. The van der Waals surface area contributed by atoms with Crippen molar-refractivity contribution in [1.29, 1.82) is 0 Å². The quantitative estimate of drug-likeness (QED) is 0.818. The van der Waals surface area contributed by atoms with E-state index in [1.54, 1.807) is 6.20 Å². The van der Waals surface area contributed by atoms with Crippen molar-refractivity contribution in [3.8, 4) is 11.5 Å². The van der Waals surface area contributed by atoms with E-state index in [2.05, 4.69) is 34.2 Å². The highest BCUT2D eigenvalue weighted by Gasteiger charge is 2.13. The summed E-state index contributed by atoms with van der Waals surface area (Å²) in [7, 11) is 0. The van der Waals surface area contributed by atoms with Gasteiger partial charge >= 0.3 is 0 Å². The first kappa shape index (κ1) is 10.7. The van der Waals surface area contributed by atoms with Crippen LogP contribution in [0.5, 0.6) is 0 Å². The molecule has 0 amide bonds. The molecule has 86 valence electrons. The third-order valence-electron chi connectivity index (χ3n) is 2.31. The number of aromatic amines is 1. The Morgan fingerprint density at radius 3 is 2.94 bits per heavy atom. The average Bonchev–Trinajstić information content (AvgIpc) is 2.83. The lowest BCUT2D eigenvalue weighted by molar-refractivity contribution is 0.419. The molecule has 6 nitrogen and oxygen atoms in total. The fourth-order valence-electron chi connectivity index (χ4n) is 1.35. The molecule has 0 fully saturated rings. The fourth-order valence-corrected chi connectivity index (χ4v) is 1.35. The van der Waals surface area contributed by atoms with Gasteiger partial charge in [-0.25, -0.2) is 0 Å². The number of hydrogen-bond acceptors (Lipinski definition) is 5. The molecule has 6 heteroatoms. The summed E-state index contributed by atoms with van der Waals surface area (Å²) in [5.74, 6) is 2.20. The van der Waals surface area contributed by atoms with Crippen LogP contribution in [0, 0.1) is 5.92 Å². The molecule has 0 atom stereocenters. The summed E-state index contributed by atoms with van der Waals surface area (Å²) in [5.41, 5.74) is 6.31. The molecule has 0 aromatic carbocycles. The van der Waals surface area contributed by atoms with Crippen molar-refractivity contribution in [2.45, 2.75) is 26.7 Å². The minimum absolute atomic E-state index is 0.421. The zero-order valence-electron chi connectivity index (χ0n) is 9.40. The molecule has 0 radical (unpaired) electrons. The summed E-state index contributed by atoms with van der Waals surface area (Å²) in [4.78, 5) is 4.27. The Labute approximate surface area is 93.2 Å². The largest absolute Gasteiger partial charge is 0.383 e. The summed E-state index contributed by atoms with van der Waals surface area (Å²) in [5, 5.41) is 10.3. The molecule has 0 unspecified atom stereocenters. The van der Waals surface area contributed by atoms with Crippen molar-refractivity contribution >= 4 is 5.82 Å². The van der Waals surface area contributed by atoms with Gasteiger partial charge in [-0.3, -0.25) is 5.10 Å². The van der Waals surface area contributed by atoms with E-state index < -0.39 is 0 Å². The zero-order chi connectivity index (χ0) is 11.5. The molecule has 0 bridgehead atoms. The summed E-state index contributed by atoms with van der Waals surface area (Å²) in [6.07, 6.45) is 3.44. The average molecular weight is 221 g/mol. The number of nitrogen functional groups attached to an aromatic ring is 1. The van der Waals surface area contributed by atoms with Gasteiger partial charge in [0.2, 0.25) is 0 Å². The highest BCUT2D eigenvalue weighted by atomic mass is 16.5. The van der Waals surface area contributed by atoms with Crippen LogP contribution < -0.4 is 5.73 Å². The first-order valence-corrected chi connectivity index (χ1v) is 5.28. The van der Waals surface area contributed by atoms with Crippen LogP contribution >= 0.6 is 0 Å². The lowest BCUT2D eigenvalue weighted by Crippen LogP contribution is -1.94. The third kappa shape index (κ3) is 2.21. The van der Waals surface area contributed by atoms with E-state index in [9.17, 15) is 0 Å². The van der Waals surface area contributed by atoms with Gasteiger partial charge in [-0.15, -0.1) is 0 Å². The number of aromatic nitrogens is 4. The van der Waals surface area contributed by atoms with Gasteiger partial charge in [0.15, 0.2) is 5.82 Å². The van der Waals surface area contributed by atoms with Gasteiger partial charge in [0, 0.05) is 6.42 Å². The molecule has 2 rings (SSSR count). The SMILES string of the molecule is CC(C)CCc1noc(-c2cn[nH]c2N)n1. The maximum absolute atomic E-state index is 5.66. The van der Waals surface area contributed by atoms with Crippen LogP contribution in [-0.2, 0) is 6.42 Å². The normalized spacial score (nSPS) is 11.2. The number of hydrogen-bond donors (Lipinski definition) is 2. The smallest absolute Gasteiger partial charge is 0.263 e. The van der Waals surface area contributed by atoms with Crippen LogP contribution in [0.15, 0.2) is 10.7 Å². The van der Waals surface area contributed by atoms with Gasteiger partial charge in [-0.2, -0.15) is 10.1 Å². The second-order valence-electron chi connectivity index (χ2n) is 4.15. The molecule has 0 aliphatic carbocycles. The molecule has 0 aliphatic rings. The minimum atomic E-state index is 0.421. The van der Waals surface area contributed by atoms with E-state index in [1.807, 2.05) is 0 Å². The number of nitrogens with one attached hydrogen (secondary N) is 1. The molecular formula is C10H15N5O. The predicted molar refractivity (Wildman–Crippen MR) is 59.5 cm³/mol. The zero-order valence-corrected chi connectivity index (χ0v) is 9.40. The van der Waals surface area contributed by atoms with E-state index in [-0.39, 0.29) is 0 Å². The van der Waals surface area contributed by atoms with Gasteiger partial charge in [-0.05, 0) is 12.3 Å². The Kier molecular flexibility index (Phi) is 2.89. The van der Waals surface area contributed by atoms with E-state index in [0.717, 1.165) is 12.8 Å². The lowest BCUT2D eigenvalue weighted by atomic mass is 10.1. The standard InChI is InChI=1S/C10H15N5O/c1-6(2)3-4-8-13-10(16-15-8)7-5-12-14-9(7)11/h5-6H,3-4H2,1-2H3,(H3,11,12,14). The molecule has 0 aliphatic heterocycles. The van der Waals surface area contributed by atoms with Gasteiger partial charge in [0.25, 0.3) is 5.89 Å². The van der Waals surface area contributed by atoms with E-state index in [4.69, 9.17) is 10.3 Å². The summed E-state index contributed by atoms with van der Waals surface area (Å²) >= 11 is 0. The van der Waals surface area contributed by atoms with E-state index in [0.29, 0.717) is 29.0 Å². The molecule has 0 saturated carbocycles. The van der Waals surface area contributed by atoms with Crippen molar-refractivity contribution < 1.29 is 4.52 Å². The number of aryl methyl sites for hydroxylation is 1. The van der Waals surface area contributed by atoms with Gasteiger partial charge in [0.05, 0.1) is 6.20 Å². The van der Waals surface area contributed by atoms with E-state index in [1.165, 1.54) is 0 Å². The van der Waals surface area contributed by atoms with Crippen molar-refractivity contribution in [3.63, 3.8) is 0 Å².